The Morgan fingerprint density at radius 2 is 1.63 bits per heavy atom. The van der Waals surface area contributed by atoms with E-state index in [0.29, 0.717) is 30.6 Å². The molecule has 1 N–H and O–H groups in total. The Labute approximate surface area is 207 Å². The number of hydrogen-bond acceptors (Lipinski definition) is 6. The lowest BCUT2D eigenvalue weighted by molar-refractivity contribution is -0.138. The molecule has 1 aliphatic carbocycles. The number of rotatable bonds is 8. The molecule has 184 valence electrons. The van der Waals surface area contributed by atoms with Gasteiger partial charge in [-0.3, -0.25) is 4.79 Å². The average Bonchev–Trinajstić information content (AvgIpc) is 2.87. The van der Waals surface area contributed by atoms with Crippen LogP contribution in [0.25, 0.3) is 0 Å². The summed E-state index contributed by atoms with van der Waals surface area (Å²) in [7, 11) is 1.64. The SMILES string of the molecule is CCCOc1ccc([C@H]2C(C(=O)OCC)=C(C)NC3=C2C(=O)C[C@@H](c2ccc(OC)cc2)C3)cc1. The summed E-state index contributed by atoms with van der Waals surface area (Å²) >= 11 is 0. The van der Waals surface area contributed by atoms with Crippen LogP contribution in [0, 0.1) is 0 Å². The number of allylic oxidation sites excluding steroid dienone is 3. The maximum atomic E-state index is 13.6. The van der Waals surface area contributed by atoms with Gasteiger partial charge in [0.2, 0.25) is 0 Å². The molecule has 6 heteroatoms. The van der Waals surface area contributed by atoms with E-state index in [0.717, 1.165) is 40.4 Å². The van der Waals surface area contributed by atoms with E-state index < -0.39 is 11.9 Å². The monoisotopic (exact) mass is 475 g/mol. The minimum absolute atomic E-state index is 0.0465. The van der Waals surface area contributed by atoms with Gasteiger partial charge in [-0.25, -0.2) is 4.79 Å². The summed E-state index contributed by atoms with van der Waals surface area (Å²) in [5.41, 5.74) is 4.72. The Bertz CT molecular complexity index is 1140. The van der Waals surface area contributed by atoms with Gasteiger partial charge in [0.1, 0.15) is 11.5 Å². The Morgan fingerprint density at radius 3 is 2.26 bits per heavy atom. The normalized spacial score (nSPS) is 19.7. The minimum Gasteiger partial charge on any atom is -0.497 e. The van der Waals surface area contributed by atoms with Crippen LogP contribution < -0.4 is 14.8 Å². The first kappa shape index (κ1) is 24.6. The molecule has 0 saturated carbocycles. The number of dihydropyridines is 1. The Balaban J connectivity index is 1.72. The third-order valence-electron chi connectivity index (χ3n) is 6.60. The molecule has 0 saturated heterocycles. The highest BCUT2D eigenvalue weighted by Gasteiger charge is 2.41. The minimum atomic E-state index is -0.477. The van der Waals surface area contributed by atoms with Gasteiger partial charge in [0.05, 0.1) is 25.9 Å². The van der Waals surface area contributed by atoms with Crippen molar-refractivity contribution in [1.82, 2.24) is 5.32 Å². The molecule has 4 rings (SSSR count). The van der Waals surface area contributed by atoms with Crippen molar-refractivity contribution in [3.8, 4) is 11.5 Å². The fourth-order valence-electron chi connectivity index (χ4n) is 4.94. The van der Waals surface area contributed by atoms with Crippen molar-refractivity contribution in [3.63, 3.8) is 0 Å². The van der Waals surface area contributed by atoms with E-state index in [-0.39, 0.29) is 18.3 Å². The number of ketones is 1. The van der Waals surface area contributed by atoms with Crippen molar-refractivity contribution in [2.24, 2.45) is 0 Å². The highest BCUT2D eigenvalue weighted by Crippen LogP contribution is 2.46. The molecule has 0 bridgehead atoms. The van der Waals surface area contributed by atoms with Crippen molar-refractivity contribution in [2.75, 3.05) is 20.3 Å². The maximum absolute atomic E-state index is 13.6. The summed E-state index contributed by atoms with van der Waals surface area (Å²) in [5, 5.41) is 3.39. The topological polar surface area (TPSA) is 73.9 Å². The molecular formula is C29H33NO5. The predicted octanol–water partition coefficient (Wildman–Crippen LogP) is 5.41. The second kappa shape index (κ2) is 10.8. The van der Waals surface area contributed by atoms with Crippen LogP contribution in [0.2, 0.25) is 0 Å². The number of benzene rings is 2. The van der Waals surface area contributed by atoms with Crippen LogP contribution in [-0.4, -0.2) is 32.1 Å². The number of carbonyl (C=O) groups excluding carboxylic acids is 2. The number of ether oxygens (including phenoxy) is 3. The highest BCUT2D eigenvalue weighted by atomic mass is 16.5. The summed E-state index contributed by atoms with van der Waals surface area (Å²) < 4.78 is 16.4. The third kappa shape index (κ3) is 5.11. The summed E-state index contributed by atoms with van der Waals surface area (Å²) in [6, 6.07) is 15.6. The largest absolute Gasteiger partial charge is 0.497 e. The van der Waals surface area contributed by atoms with E-state index in [4.69, 9.17) is 14.2 Å². The standard InChI is InChI=1S/C29H33NO5/c1-5-15-35-23-13-9-20(10-14-23)27-26(29(32)34-6-2)18(3)30-24-16-21(17-25(31)28(24)27)19-7-11-22(33-4)12-8-19/h7-14,21,27,30H,5-6,15-17H2,1-4H3/t21-,27-/m0/s1. The summed E-state index contributed by atoms with van der Waals surface area (Å²) in [4.78, 5) is 26.7. The van der Waals surface area contributed by atoms with E-state index in [2.05, 4.69) is 12.2 Å². The van der Waals surface area contributed by atoms with Crippen LogP contribution in [0.4, 0.5) is 0 Å². The van der Waals surface area contributed by atoms with Crippen LogP contribution in [0.1, 0.15) is 63.0 Å². The molecule has 2 aromatic rings. The molecule has 0 fully saturated rings. The first-order chi connectivity index (χ1) is 17.0. The number of nitrogens with one attached hydrogen (secondary N) is 1. The zero-order chi connectivity index (χ0) is 24.9. The highest BCUT2D eigenvalue weighted by molar-refractivity contribution is 6.04. The molecule has 0 spiro atoms. The second-order valence-electron chi connectivity index (χ2n) is 8.93. The van der Waals surface area contributed by atoms with E-state index in [9.17, 15) is 9.59 Å². The molecule has 0 aromatic heterocycles. The van der Waals surface area contributed by atoms with Crippen LogP contribution in [0.3, 0.4) is 0 Å². The van der Waals surface area contributed by atoms with Gasteiger partial charge < -0.3 is 19.5 Å². The molecule has 2 atom stereocenters. The van der Waals surface area contributed by atoms with E-state index >= 15 is 0 Å². The van der Waals surface area contributed by atoms with Gasteiger partial charge >= 0.3 is 5.97 Å². The van der Waals surface area contributed by atoms with Crippen molar-refractivity contribution in [3.05, 3.63) is 82.2 Å². The first-order valence-electron chi connectivity index (χ1n) is 12.2. The molecule has 2 aliphatic rings. The smallest absolute Gasteiger partial charge is 0.336 e. The van der Waals surface area contributed by atoms with Crippen molar-refractivity contribution in [2.45, 2.75) is 51.9 Å². The van der Waals surface area contributed by atoms with Crippen molar-refractivity contribution < 1.29 is 23.8 Å². The molecule has 1 heterocycles. The Morgan fingerprint density at radius 1 is 0.971 bits per heavy atom. The van der Waals surface area contributed by atoms with Gasteiger partial charge in [0.15, 0.2) is 5.78 Å². The lowest BCUT2D eigenvalue weighted by Crippen LogP contribution is -2.36. The molecule has 6 nitrogen and oxygen atoms in total. The van der Waals surface area contributed by atoms with Gasteiger partial charge in [0, 0.05) is 29.3 Å². The number of Topliss-reactive ketones (excluding diaryl/α,β-unsaturated/α-hetero) is 1. The molecule has 2 aromatic carbocycles. The van der Waals surface area contributed by atoms with Gasteiger partial charge in [-0.2, -0.15) is 0 Å². The Kier molecular flexibility index (Phi) is 7.59. The fraction of sp³-hybridized carbons (Fsp3) is 0.379. The van der Waals surface area contributed by atoms with Gasteiger partial charge in [-0.1, -0.05) is 31.2 Å². The molecule has 0 unspecified atom stereocenters. The average molecular weight is 476 g/mol. The molecule has 35 heavy (non-hydrogen) atoms. The number of carbonyl (C=O) groups is 2. The molecule has 1 aliphatic heterocycles. The van der Waals surface area contributed by atoms with Gasteiger partial charge in [-0.05, 0) is 68.0 Å². The van der Waals surface area contributed by atoms with E-state index in [1.165, 1.54) is 0 Å². The lowest BCUT2D eigenvalue weighted by atomic mass is 9.71. The van der Waals surface area contributed by atoms with Crippen molar-refractivity contribution >= 4 is 11.8 Å². The first-order valence-corrected chi connectivity index (χ1v) is 12.2. The van der Waals surface area contributed by atoms with Crippen molar-refractivity contribution in [1.29, 1.82) is 0 Å². The van der Waals surface area contributed by atoms with E-state index in [1.54, 1.807) is 14.0 Å². The molecular weight excluding hydrogens is 442 g/mol. The second-order valence-corrected chi connectivity index (χ2v) is 8.93. The molecule has 0 radical (unpaired) electrons. The summed E-state index contributed by atoms with van der Waals surface area (Å²) in [5.74, 6) is 0.787. The summed E-state index contributed by atoms with van der Waals surface area (Å²) in [6.45, 7) is 6.63. The van der Waals surface area contributed by atoms with Gasteiger partial charge in [0.25, 0.3) is 0 Å². The third-order valence-corrected chi connectivity index (χ3v) is 6.60. The maximum Gasteiger partial charge on any atom is 0.336 e. The zero-order valence-corrected chi connectivity index (χ0v) is 20.9. The van der Waals surface area contributed by atoms with E-state index in [1.807, 2.05) is 55.5 Å². The number of esters is 1. The van der Waals surface area contributed by atoms with Crippen LogP contribution in [-0.2, 0) is 14.3 Å². The number of hydrogen-bond donors (Lipinski definition) is 1. The summed E-state index contributed by atoms with van der Waals surface area (Å²) in [6.07, 6.45) is 2.00. The quantitative estimate of drug-likeness (QED) is 0.515. The molecule has 0 amide bonds. The van der Waals surface area contributed by atoms with Crippen LogP contribution >= 0.6 is 0 Å². The van der Waals surface area contributed by atoms with Gasteiger partial charge in [-0.15, -0.1) is 0 Å². The van der Waals surface area contributed by atoms with Crippen LogP contribution in [0.15, 0.2) is 71.1 Å². The lowest BCUT2D eigenvalue weighted by Gasteiger charge is -2.36. The fourth-order valence-corrected chi connectivity index (χ4v) is 4.94. The zero-order valence-electron chi connectivity index (χ0n) is 20.9. The van der Waals surface area contributed by atoms with Crippen LogP contribution in [0.5, 0.6) is 11.5 Å². The number of methoxy groups -OCH3 is 1. The predicted molar refractivity (Wildman–Crippen MR) is 134 cm³/mol. The Hall–Kier alpha value is -3.54.